The minimum atomic E-state index is 0.115. The summed E-state index contributed by atoms with van der Waals surface area (Å²) in [6, 6.07) is 19.8. The fourth-order valence-electron chi connectivity index (χ4n) is 2.30. The summed E-state index contributed by atoms with van der Waals surface area (Å²) in [6.07, 6.45) is 3.17. The Morgan fingerprint density at radius 3 is 1.80 bits per heavy atom. The van der Waals surface area contributed by atoms with Gasteiger partial charge in [0.15, 0.2) is 0 Å². The maximum absolute atomic E-state index is 12.2. The molecule has 1 aliphatic rings. The number of anilines is 2. The standard InChI is InChI=1S/C17H18N2O/c20-17(14-8-7-9-14)18-19(15-10-3-1-4-11-15)16-12-5-2-6-13-16/h1-6,10-14H,7-9H2,(H,18,20). The molecule has 102 valence electrons. The second-order valence-corrected chi connectivity index (χ2v) is 5.11. The van der Waals surface area contributed by atoms with Crippen LogP contribution >= 0.6 is 0 Å². The van der Waals surface area contributed by atoms with Crippen molar-refractivity contribution in [2.45, 2.75) is 19.3 Å². The number of hydrogen-bond donors (Lipinski definition) is 1. The van der Waals surface area contributed by atoms with Crippen molar-refractivity contribution in [2.24, 2.45) is 5.92 Å². The van der Waals surface area contributed by atoms with Gasteiger partial charge in [0.05, 0.1) is 11.4 Å². The van der Waals surface area contributed by atoms with Gasteiger partial charge in [-0.1, -0.05) is 42.8 Å². The first-order chi connectivity index (χ1) is 9.84. The van der Waals surface area contributed by atoms with Gasteiger partial charge in [-0.25, -0.2) is 0 Å². The van der Waals surface area contributed by atoms with Gasteiger partial charge in [-0.05, 0) is 37.1 Å². The average molecular weight is 266 g/mol. The monoisotopic (exact) mass is 266 g/mol. The molecule has 2 aromatic carbocycles. The number of hydrogen-bond acceptors (Lipinski definition) is 2. The Balaban J connectivity index is 1.85. The summed E-state index contributed by atoms with van der Waals surface area (Å²) in [7, 11) is 0. The lowest BCUT2D eigenvalue weighted by atomic mass is 9.85. The summed E-state index contributed by atoms with van der Waals surface area (Å²) in [6.45, 7) is 0. The molecule has 0 heterocycles. The Kier molecular flexibility index (Phi) is 3.68. The second kappa shape index (κ2) is 5.78. The van der Waals surface area contributed by atoms with E-state index in [2.05, 4.69) is 5.43 Å². The lowest BCUT2D eigenvalue weighted by Crippen LogP contribution is -2.44. The van der Waals surface area contributed by atoms with Gasteiger partial charge < -0.3 is 0 Å². The van der Waals surface area contributed by atoms with E-state index in [9.17, 15) is 4.79 Å². The minimum Gasteiger partial charge on any atom is -0.273 e. The summed E-state index contributed by atoms with van der Waals surface area (Å²) in [5.41, 5.74) is 4.97. The molecule has 1 fully saturated rings. The molecule has 0 aromatic heterocycles. The number of rotatable bonds is 4. The van der Waals surface area contributed by atoms with Crippen molar-refractivity contribution in [1.82, 2.24) is 5.43 Å². The van der Waals surface area contributed by atoms with E-state index in [1.807, 2.05) is 65.7 Å². The molecule has 20 heavy (non-hydrogen) atoms. The highest BCUT2D eigenvalue weighted by Gasteiger charge is 2.26. The van der Waals surface area contributed by atoms with Crippen LogP contribution in [-0.4, -0.2) is 5.91 Å². The molecular formula is C17H18N2O. The van der Waals surface area contributed by atoms with Crippen LogP contribution in [0.5, 0.6) is 0 Å². The number of carbonyl (C=O) groups is 1. The highest BCUT2D eigenvalue weighted by Crippen LogP contribution is 2.28. The molecule has 0 unspecified atom stereocenters. The predicted molar refractivity (Wildman–Crippen MR) is 80.5 cm³/mol. The summed E-state index contributed by atoms with van der Waals surface area (Å²) >= 11 is 0. The van der Waals surface area contributed by atoms with Crippen molar-refractivity contribution in [1.29, 1.82) is 0 Å². The quantitative estimate of drug-likeness (QED) is 0.857. The van der Waals surface area contributed by atoms with Gasteiger partial charge in [-0.2, -0.15) is 0 Å². The number of hydrazine groups is 1. The Morgan fingerprint density at radius 2 is 1.40 bits per heavy atom. The molecular weight excluding hydrogens is 248 g/mol. The van der Waals surface area contributed by atoms with Crippen LogP contribution in [0.15, 0.2) is 60.7 Å². The molecule has 3 nitrogen and oxygen atoms in total. The van der Waals surface area contributed by atoms with Gasteiger partial charge in [0, 0.05) is 5.92 Å². The third kappa shape index (κ3) is 2.67. The summed E-state index contributed by atoms with van der Waals surface area (Å²) < 4.78 is 0. The normalized spacial score (nSPS) is 14.4. The molecule has 1 N–H and O–H groups in total. The van der Waals surface area contributed by atoms with Crippen molar-refractivity contribution in [3.05, 3.63) is 60.7 Å². The van der Waals surface area contributed by atoms with Crippen LogP contribution in [-0.2, 0) is 4.79 Å². The smallest absolute Gasteiger partial charge is 0.241 e. The number of benzene rings is 2. The van der Waals surface area contributed by atoms with Crippen LogP contribution in [0.1, 0.15) is 19.3 Å². The van der Waals surface area contributed by atoms with Crippen molar-refractivity contribution >= 4 is 17.3 Å². The van der Waals surface area contributed by atoms with Crippen LogP contribution in [0.25, 0.3) is 0 Å². The first-order valence-corrected chi connectivity index (χ1v) is 7.05. The predicted octanol–water partition coefficient (Wildman–Crippen LogP) is 3.66. The lowest BCUT2D eigenvalue weighted by Gasteiger charge is -2.30. The first-order valence-electron chi connectivity index (χ1n) is 7.05. The zero-order valence-corrected chi connectivity index (χ0v) is 11.3. The molecule has 2 aromatic rings. The largest absolute Gasteiger partial charge is 0.273 e. The van der Waals surface area contributed by atoms with E-state index in [-0.39, 0.29) is 11.8 Å². The van der Waals surface area contributed by atoms with E-state index in [0.717, 1.165) is 30.6 Å². The van der Waals surface area contributed by atoms with E-state index in [4.69, 9.17) is 0 Å². The van der Waals surface area contributed by atoms with E-state index >= 15 is 0 Å². The molecule has 1 amide bonds. The summed E-state index contributed by atoms with van der Waals surface area (Å²) in [5.74, 6) is 0.286. The second-order valence-electron chi connectivity index (χ2n) is 5.11. The lowest BCUT2D eigenvalue weighted by molar-refractivity contribution is -0.127. The van der Waals surface area contributed by atoms with Crippen LogP contribution in [0.4, 0.5) is 11.4 Å². The van der Waals surface area contributed by atoms with Crippen LogP contribution in [0.3, 0.4) is 0 Å². The maximum atomic E-state index is 12.2. The third-order valence-corrected chi connectivity index (χ3v) is 3.73. The number of amides is 1. The van der Waals surface area contributed by atoms with Crippen LogP contribution in [0, 0.1) is 5.92 Å². The zero-order valence-electron chi connectivity index (χ0n) is 11.3. The Hall–Kier alpha value is -2.29. The van der Waals surface area contributed by atoms with E-state index in [1.54, 1.807) is 0 Å². The van der Waals surface area contributed by atoms with Crippen molar-refractivity contribution in [3.8, 4) is 0 Å². The van der Waals surface area contributed by atoms with Crippen molar-refractivity contribution in [3.63, 3.8) is 0 Å². The molecule has 3 heteroatoms. The van der Waals surface area contributed by atoms with Gasteiger partial charge in [0.1, 0.15) is 0 Å². The highest BCUT2D eigenvalue weighted by atomic mass is 16.2. The molecule has 0 radical (unpaired) electrons. The SMILES string of the molecule is O=C(NN(c1ccccc1)c1ccccc1)C1CCC1. The topological polar surface area (TPSA) is 32.3 Å². The molecule has 0 spiro atoms. The fraction of sp³-hybridized carbons (Fsp3) is 0.235. The molecule has 1 aliphatic carbocycles. The Labute approximate surface area is 119 Å². The molecule has 0 aliphatic heterocycles. The van der Waals surface area contributed by atoms with Crippen molar-refractivity contribution < 1.29 is 4.79 Å². The van der Waals surface area contributed by atoms with Crippen molar-refractivity contribution in [2.75, 3.05) is 5.01 Å². The minimum absolute atomic E-state index is 0.115. The van der Waals surface area contributed by atoms with Crippen LogP contribution < -0.4 is 10.4 Å². The van der Waals surface area contributed by atoms with Gasteiger partial charge in [0.25, 0.3) is 0 Å². The summed E-state index contributed by atoms with van der Waals surface area (Å²) in [5, 5.41) is 1.86. The first kappa shape index (κ1) is 12.7. The van der Waals surface area contributed by atoms with Gasteiger partial charge >= 0.3 is 0 Å². The molecule has 0 bridgehead atoms. The average Bonchev–Trinajstić information content (AvgIpc) is 2.45. The van der Waals surface area contributed by atoms with E-state index in [1.165, 1.54) is 0 Å². The number of nitrogens with zero attached hydrogens (tertiary/aromatic N) is 1. The summed E-state index contributed by atoms with van der Waals surface area (Å²) in [4.78, 5) is 12.2. The Morgan fingerprint density at radius 1 is 0.900 bits per heavy atom. The van der Waals surface area contributed by atoms with Gasteiger partial charge in [-0.15, -0.1) is 0 Å². The molecule has 0 atom stereocenters. The van der Waals surface area contributed by atoms with Crippen LogP contribution in [0.2, 0.25) is 0 Å². The highest BCUT2D eigenvalue weighted by molar-refractivity contribution is 5.83. The van der Waals surface area contributed by atoms with Gasteiger partial charge in [0.2, 0.25) is 5.91 Å². The van der Waals surface area contributed by atoms with E-state index < -0.39 is 0 Å². The fourth-order valence-corrected chi connectivity index (χ4v) is 2.30. The number of nitrogens with one attached hydrogen (secondary N) is 1. The zero-order chi connectivity index (χ0) is 13.8. The molecule has 0 saturated heterocycles. The Bertz CT molecular complexity index is 525. The van der Waals surface area contributed by atoms with Gasteiger partial charge in [-0.3, -0.25) is 15.2 Å². The third-order valence-electron chi connectivity index (χ3n) is 3.73. The molecule has 1 saturated carbocycles. The number of carbonyl (C=O) groups excluding carboxylic acids is 1. The number of para-hydroxylation sites is 2. The van der Waals surface area contributed by atoms with E-state index in [0.29, 0.717) is 0 Å². The maximum Gasteiger partial charge on any atom is 0.241 e. The molecule has 3 rings (SSSR count).